The Morgan fingerprint density at radius 3 is 3.21 bits per heavy atom. The lowest BCUT2D eigenvalue weighted by molar-refractivity contribution is 0.136. The van der Waals surface area contributed by atoms with Gasteiger partial charge in [0, 0.05) is 25.7 Å². The molecule has 2 rings (SSSR count). The third-order valence-electron chi connectivity index (χ3n) is 2.77. The van der Waals surface area contributed by atoms with Crippen molar-refractivity contribution in [2.45, 2.75) is 31.4 Å². The van der Waals surface area contributed by atoms with Crippen molar-refractivity contribution >= 4 is 0 Å². The molecule has 14 heavy (non-hydrogen) atoms. The van der Waals surface area contributed by atoms with Crippen molar-refractivity contribution in [1.82, 2.24) is 15.1 Å². The van der Waals surface area contributed by atoms with E-state index in [-0.39, 0.29) is 12.1 Å². The van der Waals surface area contributed by atoms with Gasteiger partial charge in [-0.15, -0.1) is 0 Å². The molecule has 2 atom stereocenters. The zero-order valence-corrected chi connectivity index (χ0v) is 8.48. The molecule has 1 aromatic heterocycles. The number of nitrogens with zero attached hydrogens (tertiary/aromatic N) is 2. The average molecular weight is 195 g/mol. The third-order valence-corrected chi connectivity index (χ3v) is 2.77. The van der Waals surface area contributed by atoms with E-state index in [9.17, 15) is 5.11 Å². The van der Waals surface area contributed by atoms with E-state index in [0.29, 0.717) is 6.42 Å². The lowest BCUT2D eigenvalue weighted by Crippen LogP contribution is -2.36. The molecule has 0 bridgehead atoms. The molecule has 4 heteroatoms. The summed E-state index contributed by atoms with van der Waals surface area (Å²) in [5, 5.41) is 17.3. The third kappa shape index (κ3) is 2.13. The van der Waals surface area contributed by atoms with E-state index in [0.717, 1.165) is 18.5 Å². The fraction of sp³-hybridized carbons (Fsp3) is 0.700. The predicted molar refractivity (Wildman–Crippen MR) is 53.9 cm³/mol. The van der Waals surface area contributed by atoms with Crippen molar-refractivity contribution in [3.05, 3.63) is 18.0 Å². The SMILES string of the molecule is Cn1cc(CC(O)C2CCCN2)cn1. The minimum atomic E-state index is -0.276. The number of aliphatic hydroxyl groups excluding tert-OH is 1. The Bertz CT molecular complexity index is 291. The number of rotatable bonds is 3. The fourth-order valence-corrected chi connectivity index (χ4v) is 2.00. The number of aliphatic hydroxyl groups is 1. The predicted octanol–water partition coefficient (Wildman–Crippen LogP) is 0.0755. The molecule has 0 radical (unpaired) electrons. The second kappa shape index (κ2) is 4.11. The van der Waals surface area contributed by atoms with Gasteiger partial charge in [0.2, 0.25) is 0 Å². The molecule has 0 aliphatic carbocycles. The fourth-order valence-electron chi connectivity index (χ4n) is 2.00. The molecule has 1 aliphatic heterocycles. The first-order valence-electron chi connectivity index (χ1n) is 5.14. The number of nitrogens with one attached hydrogen (secondary N) is 1. The van der Waals surface area contributed by atoms with Crippen LogP contribution in [0.15, 0.2) is 12.4 Å². The van der Waals surface area contributed by atoms with Crippen LogP contribution < -0.4 is 5.32 Å². The van der Waals surface area contributed by atoms with Crippen LogP contribution in [0, 0.1) is 0 Å². The van der Waals surface area contributed by atoms with Gasteiger partial charge >= 0.3 is 0 Å². The van der Waals surface area contributed by atoms with Crippen LogP contribution in [0.5, 0.6) is 0 Å². The van der Waals surface area contributed by atoms with Crippen molar-refractivity contribution in [2.75, 3.05) is 6.54 Å². The molecular weight excluding hydrogens is 178 g/mol. The van der Waals surface area contributed by atoms with Gasteiger partial charge in [0.25, 0.3) is 0 Å². The first kappa shape index (κ1) is 9.68. The highest BCUT2D eigenvalue weighted by Gasteiger charge is 2.22. The molecule has 2 heterocycles. The van der Waals surface area contributed by atoms with E-state index in [4.69, 9.17) is 0 Å². The normalized spacial score (nSPS) is 24.0. The average Bonchev–Trinajstić information content (AvgIpc) is 2.75. The van der Waals surface area contributed by atoms with Crippen molar-refractivity contribution < 1.29 is 5.11 Å². The number of aromatic nitrogens is 2. The molecule has 1 fully saturated rings. The highest BCUT2D eigenvalue weighted by atomic mass is 16.3. The number of aryl methyl sites for hydroxylation is 1. The van der Waals surface area contributed by atoms with Crippen molar-refractivity contribution in [1.29, 1.82) is 0 Å². The van der Waals surface area contributed by atoms with Gasteiger partial charge in [-0.25, -0.2) is 0 Å². The highest BCUT2D eigenvalue weighted by Crippen LogP contribution is 2.13. The molecule has 0 spiro atoms. The molecule has 4 nitrogen and oxygen atoms in total. The first-order chi connectivity index (χ1) is 6.75. The molecule has 0 saturated carbocycles. The second-order valence-corrected chi connectivity index (χ2v) is 4.00. The topological polar surface area (TPSA) is 50.1 Å². The van der Waals surface area contributed by atoms with Gasteiger partial charge in [-0.2, -0.15) is 5.10 Å². The lowest BCUT2D eigenvalue weighted by atomic mass is 10.0. The van der Waals surface area contributed by atoms with Crippen LogP contribution in [0.25, 0.3) is 0 Å². The molecular formula is C10H17N3O. The molecule has 2 N–H and O–H groups in total. The van der Waals surface area contributed by atoms with E-state index in [1.807, 2.05) is 19.4 Å². The summed E-state index contributed by atoms with van der Waals surface area (Å²) >= 11 is 0. The van der Waals surface area contributed by atoms with E-state index in [1.54, 1.807) is 4.68 Å². The summed E-state index contributed by atoms with van der Waals surface area (Å²) in [6.45, 7) is 1.04. The van der Waals surface area contributed by atoms with Gasteiger partial charge in [-0.05, 0) is 24.9 Å². The van der Waals surface area contributed by atoms with Crippen LogP contribution in [0.2, 0.25) is 0 Å². The summed E-state index contributed by atoms with van der Waals surface area (Å²) < 4.78 is 1.77. The van der Waals surface area contributed by atoms with Crippen LogP contribution in [-0.4, -0.2) is 33.6 Å². The molecule has 2 unspecified atom stereocenters. The molecule has 0 aromatic carbocycles. The van der Waals surface area contributed by atoms with E-state index in [2.05, 4.69) is 10.4 Å². The molecule has 0 amide bonds. The van der Waals surface area contributed by atoms with Gasteiger partial charge in [-0.3, -0.25) is 4.68 Å². The van der Waals surface area contributed by atoms with Gasteiger partial charge in [0.15, 0.2) is 0 Å². The lowest BCUT2D eigenvalue weighted by Gasteiger charge is -2.17. The van der Waals surface area contributed by atoms with Gasteiger partial charge < -0.3 is 10.4 Å². The zero-order valence-electron chi connectivity index (χ0n) is 8.48. The number of hydrogen-bond acceptors (Lipinski definition) is 3. The Morgan fingerprint density at radius 1 is 1.79 bits per heavy atom. The maximum atomic E-state index is 9.91. The number of hydrogen-bond donors (Lipinski definition) is 2. The van der Waals surface area contributed by atoms with Crippen molar-refractivity contribution in [3.63, 3.8) is 0 Å². The first-order valence-corrected chi connectivity index (χ1v) is 5.14. The van der Waals surface area contributed by atoms with Crippen LogP contribution in [-0.2, 0) is 13.5 Å². The van der Waals surface area contributed by atoms with E-state index >= 15 is 0 Å². The largest absolute Gasteiger partial charge is 0.391 e. The Kier molecular flexibility index (Phi) is 2.84. The van der Waals surface area contributed by atoms with Crippen LogP contribution in [0.1, 0.15) is 18.4 Å². The summed E-state index contributed by atoms with van der Waals surface area (Å²) in [5.41, 5.74) is 1.11. The quantitative estimate of drug-likeness (QED) is 0.718. The smallest absolute Gasteiger partial charge is 0.0734 e. The van der Waals surface area contributed by atoms with Crippen LogP contribution in [0.4, 0.5) is 0 Å². The Balaban J connectivity index is 1.90. The van der Waals surface area contributed by atoms with Gasteiger partial charge in [0.1, 0.15) is 0 Å². The summed E-state index contributed by atoms with van der Waals surface area (Å²) in [6.07, 6.45) is 6.46. The second-order valence-electron chi connectivity index (χ2n) is 4.00. The molecule has 1 aromatic rings. The highest BCUT2D eigenvalue weighted by molar-refractivity contribution is 5.06. The summed E-state index contributed by atoms with van der Waals surface area (Å²) in [6, 6.07) is 0.273. The molecule has 78 valence electrons. The summed E-state index contributed by atoms with van der Waals surface area (Å²) in [5.74, 6) is 0. The molecule has 1 aliphatic rings. The minimum Gasteiger partial charge on any atom is -0.391 e. The monoisotopic (exact) mass is 195 g/mol. The van der Waals surface area contributed by atoms with Gasteiger partial charge in [-0.1, -0.05) is 0 Å². The van der Waals surface area contributed by atoms with Crippen molar-refractivity contribution in [3.8, 4) is 0 Å². The van der Waals surface area contributed by atoms with Crippen molar-refractivity contribution in [2.24, 2.45) is 7.05 Å². The maximum absolute atomic E-state index is 9.91. The van der Waals surface area contributed by atoms with Crippen LogP contribution >= 0.6 is 0 Å². The van der Waals surface area contributed by atoms with Crippen LogP contribution in [0.3, 0.4) is 0 Å². The minimum absolute atomic E-state index is 0.273. The zero-order chi connectivity index (χ0) is 9.97. The Morgan fingerprint density at radius 2 is 2.64 bits per heavy atom. The summed E-state index contributed by atoms with van der Waals surface area (Å²) in [4.78, 5) is 0. The Labute approximate surface area is 83.9 Å². The van der Waals surface area contributed by atoms with E-state index < -0.39 is 0 Å². The molecule has 1 saturated heterocycles. The summed E-state index contributed by atoms with van der Waals surface area (Å²) in [7, 11) is 1.89. The van der Waals surface area contributed by atoms with E-state index in [1.165, 1.54) is 6.42 Å². The maximum Gasteiger partial charge on any atom is 0.0734 e. The van der Waals surface area contributed by atoms with Gasteiger partial charge in [0.05, 0.1) is 12.3 Å². The standard InChI is InChI=1S/C10H17N3O/c1-13-7-8(6-12-13)5-10(14)9-3-2-4-11-9/h6-7,9-11,14H,2-5H2,1H3. The Hall–Kier alpha value is -0.870.